The topological polar surface area (TPSA) is 39.2 Å². The van der Waals surface area contributed by atoms with Crippen molar-refractivity contribution in [2.45, 2.75) is 0 Å². The minimum Gasteiger partial charge on any atom is -0.495 e. The molecule has 1 aromatic rings. The van der Waals surface area contributed by atoms with Crippen molar-refractivity contribution in [3.05, 3.63) is 22.4 Å². The van der Waals surface area contributed by atoms with Crippen LogP contribution in [0.5, 0.6) is 5.75 Å². The second-order valence-corrected chi connectivity index (χ2v) is 2.71. The molecule has 0 unspecified atom stereocenters. The number of aldehydes is 1. The van der Waals surface area contributed by atoms with Gasteiger partial charge in [0.25, 0.3) is 0 Å². The van der Waals surface area contributed by atoms with Gasteiger partial charge in [-0.1, -0.05) is 0 Å². The van der Waals surface area contributed by atoms with E-state index in [-0.39, 0.29) is 0 Å². The highest BCUT2D eigenvalue weighted by molar-refractivity contribution is 9.10. The van der Waals surface area contributed by atoms with E-state index in [4.69, 9.17) is 4.74 Å². The zero-order valence-corrected chi connectivity index (χ0v) is 7.46. The standard InChI is InChI=1S/C7H6BrNO2/c1-11-5-2-6(8)7(4-10)9-3-5/h2-4H,1H3. The molecule has 1 heterocycles. The average Bonchev–Trinajstić information content (AvgIpc) is 2.04. The largest absolute Gasteiger partial charge is 0.495 e. The Bertz CT molecular complexity index is 275. The molecule has 0 spiro atoms. The lowest BCUT2D eigenvalue weighted by atomic mass is 10.4. The zero-order valence-electron chi connectivity index (χ0n) is 5.87. The number of methoxy groups -OCH3 is 1. The molecule has 0 aliphatic heterocycles. The molecule has 4 heteroatoms. The molecule has 0 fully saturated rings. The maximum Gasteiger partial charge on any atom is 0.169 e. The van der Waals surface area contributed by atoms with Crippen LogP contribution in [0.1, 0.15) is 10.5 Å². The summed E-state index contributed by atoms with van der Waals surface area (Å²) < 4.78 is 5.53. The molecule has 0 saturated carbocycles. The molecule has 3 nitrogen and oxygen atoms in total. The van der Waals surface area contributed by atoms with Gasteiger partial charge in [0.05, 0.1) is 17.8 Å². The van der Waals surface area contributed by atoms with E-state index in [0.717, 1.165) is 0 Å². The van der Waals surface area contributed by atoms with Gasteiger partial charge in [0.1, 0.15) is 11.4 Å². The monoisotopic (exact) mass is 215 g/mol. The van der Waals surface area contributed by atoms with Crippen LogP contribution < -0.4 is 4.74 Å². The van der Waals surface area contributed by atoms with Crippen molar-refractivity contribution in [1.82, 2.24) is 4.98 Å². The number of ether oxygens (including phenoxy) is 1. The van der Waals surface area contributed by atoms with E-state index in [2.05, 4.69) is 20.9 Å². The van der Waals surface area contributed by atoms with Crippen LogP contribution in [-0.4, -0.2) is 18.4 Å². The van der Waals surface area contributed by atoms with Gasteiger partial charge in [0, 0.05) is 0 Å². The van der Waals surface area contributed by atoms with Crippen LogP contribution in [0.2, 0.25) is 0 Å². The van der Waals surface area contributed by atoms with Crippen LogP contribution in [-0.2, 0) is 0 Å². The molecular formula is C7H6BrNO2. The quantitative estimate of drug-likeness (QED) is 0.705. The Labute approximate surface area is 72.5 Å². The van der Waals surface area contributed by atoms with Gasteiger partial charge < -0.3 is 4.74 Å². The summed E-state index contributed by atoms with van der Waals surface area (Å²) in [5.41, 5.74) is 0.380. The molecule has 0 atom stereocenters. The van der Waals surface area contributed by atoms with E-state index < -0.39 is 0 Å². The lowest BCUT2D eigenvalue weighted by Crippen LogP contribution is -1.90. The van der Waals surface area contributed by atoms with Gasteiger partial charge >= 0.3 is 0 Å². The first-order chi connectivity index (χ1) is 5.27. The van der Waals surface area contributed by atoms with Crippen LogP contribution >= 0.6 is 15.9 Å². The number of halogens is 1. The molecular weight excluding hydrogens is 210 g/mol. The van der Waals surface area contributed by atoms with Crippen molar-refractivity contribution in [2.75, 3.05) is 7.11 Å². The maximum absolute atomic E-state index is 10.3. The third-order valence-electron chi connectivity index (χ3n) is 1.19. The highest BCUT2D eigenvalue weighted by Gasteiger charge is 2.00. The first-order valence-corrected chi connectivity index (χ1v) is 3.72. The van der Waals surface area contributed by atoms with Crippen LogP contribution in [0.4, 0.5) is 0 Å². The third kappa shape index (κ3) is 1.77. The summed E-state index contributed by atoms with van der Waals surface area (Å²) in [4.78, 5) is 14.1. The number of aromatic nitrogens is 1. The average molecular weight is 216 g/mol. The van der Waals surface area contributed by atoms with E-state index in [1.165, 1.54) is 6.20 Å². The van der Waals surface area contributed by atoms with E-state index in [0.29, 0.717) is 22.2 Å². The highest BCUT2D eigenvalue weighted by atomic mass is 79.9. The minimum absolute atomic E-state index is 0.380. The predicted octanol–water partition coefficient (Wildman–Crippen LogP) is 1.67. The van der Waals surface area contributed by atoms with Crippen LogP contribution in [0.15, 0.2) is 16.7 Å². The van der Waals surface area contributed by atoms with E-state index in [1.807, 2.05) is 0 Å². The Morgan fingerprint density at radius 1 is 1.73 bits per heavy atom. The van der Waals surface area contributed by atoms with E-state index in [1.54, 1.807) is 13.2 Å². The number of nitrogens with zero attached hydrogens (tertiary/aromatic N) is 1. The lowest BCUT2D eigenvalue weighted by Gasteiger charge is -1.99. The van der Waals surface area contributed by atoms with Crippen molar-refractivity contribution in [3.63, 3.8) is 0 Å². The Balaban J connectivity index is 3.09. The summed E-state index contributed by atoms with van der Waals surface area (Å²) in [6.07, 6.45) is 2.18. The molecule has 0 amide bonds. The highest BCUT2D eigenvalue weighted by Crippen LogP contribution is 2.18. The zero-order chi connectivity index (χ0) is 8.27. The Morgan fingerprint density at radius 3 is 2.91 bits per heavy atom. The molecule has 0 N–H and O–H groups in total. The maximum atomic E-state index is 10.3. The van der Waals surface area contributed by atoms with Crippen molar-refractivity contribution in [1.29, 1.82) is 0 Å². The molecule has 0 radical (unpaired) electrons. The van der Waals surface area contributed by atoms with Crippen molar-refractivity contribution in [2.24, 2.45) is 0 Å². The summed E-state index contributed by atoms with van der Waals surface area (Å²) in [6.45, 7) is 0. The number of carbonyl (C=O) groups is 1. The summed E-state index contributed by atoms with van der Waals surface area (Å²) >= 11 is 3.17. The molecule has 0 aliphatic rings. The fourth-order valence-electron chi connectivity index (χ4n) is 0.629. The van der Waals surface area contributed by atoms with Crippen LogP contribution in [0, 0.1) is 0 Å². The Hall–Kier alpha value is -0.900. The molecule has 0 aromatic carbocycles. The lowest BCUT2D eigenvalue weighted by molar-refractivity contribution is 0.111. The van der Waals surface area contributed by atoms with Gasteiger partial charge in [0.15, 0.2) is 6.29 Å². The van der Waals surface area contributed by atoms with Gasteiger partial charge in [-0.15, -0.1) is 0 Å². The molecule has 0 aliphatic carbocycles. The summed E-state index contributed by atoms with van der Waals surface area (Å²) in [6, 6.07) is 1.69. The second kappa shape index (κ2) is 3.48. The summed E-state index contributed by atoms with van der Waals surface area (Å²) in [7, 11) is 1.55. The first-order valence-electron chi connectivity index (χ1n) is 2.92. The van der Waals surface area contributed by atoms with E-state index in [9.17, 15) is 4.79 Å². The SMILES string of the molecule is COc1cnc(C=O)c(Br)c1. The van der Waals surface area contributed by atoms with Crippen LogP contribution in [0.25, 0.3) is 0 Å². The van der Waals surface area contributed by atoms with Gasteiger partial charge in [-0.2, -0.15) is 0 Å². The number of carbonyl (C=O) groups excluding carboxylic acids is 1. The van der Waals surface area contributed by atoms with Crippen molar-refractivity contribution >= 4 is 22.2 Å². The number of hydrogen-bond acceptors (Lipinski definition) is 3. The first kappa shape index (κ1) is 8.20. The molecule has 11 heavy (non-hydrogen) atoms. The number of pyridine rings is 1. The van der Waals surface area contributed by atoms with Gasteiger partial charge in [-0.05, 0) is 22.0 Å². The number of rotatable bonds is 2. The minimum atomic E-state index is 0.380. The normalized spacial score (nSPS) is 9.27. The van der Waals surface area contributed by atoms with Gasteiger partial charge in [-0.25, -0.2) is 4.98 Å². The van der Waals surface area contributed by atoms with Crippen molar-refractivity contribution < 1.29 is 9.53 Å². The molecule has 0 bridgehead atoms. The van der Waals surface area contributed by atoms with Crippen LogP contribution in [0.3, 0.4) is 0 Å². The third-order valence-corrected chi connectivity index (χ3v) is 1.83. The molecule has 0 saturated heterocycles. The summed E-state index contributed by atoms with van der Waals surface area (Å²) in [5, 5.41) is 0. The predicted molar refractivity (Wildman–Crippen MR) is 43.9 cm³/mol. The van der Waals surface area contributed by atoms with Gasteiger partial charge in [-0.3, -0.25) is 4.79 Å². The number of hydrogen-bond donors (Lipinski definition) is 0. The smallest absolute Gasteiger partial charge is 0.169 e. The molecule has 1 rings (SSSR count). The Kier molecular flexibility index (Phi) is 2.59. The van der Waals surface area contributed by atoms with E-state index >= 15 is 0 Å². The van der Waals surface area contributed by atoms with Gasteiger partial charge in [0.2, 0.25) is 0 Å². The second-order valence-electron chi connectivity index (χ2n) is 1.86. The fraction of sp³-hybridized carbons (Fsp3) is 0.143. The fourth-order valence-corrected chi connectivity index (χ4v) is 1.05. The van der Waals surface area contributed by atoms with Crippen molar-refractivity contribution in [3.8, 4) is 5.75 Å². The molecule has 1 aromatic heterocycles. The molecule has 58 valence electrons. The Morgan fingerprint density at radius 2 is 2.45 bits per heavy atom. The summed E-state index contributed by atoms with van der Waals surface area (Å²) in [5.74, 6) is 0.627.